The number of hydrogen-bond acceptors (Lipinski definition) is 7. The van der Waals surface area contributed by atoms with Crippen LogP contribution in [0.1, 0.15) is 12.0 Å². The van der Waals surface area contributed by atoms with Crippen LogP contribution in [0.2, 0.25) is 0 Å². The van der Waals surface area contributed by atoms with E-state index >= 15 is 0 Å². The second-order valence-electron chi connectivity index (χ2n) is 6.80. The monoisotopic (exact) mass is 358 g/mol. The number of ether oxygens (including phenoxy) is 1. The lowest BCUT2D eigenvalue weighted by Gasteiger charge is -2.32. The molecule has 3 N–H and O–H groups in total. The number of nitrogens with two attached hydrogens (primary N) is 1. The summed E-state index contributed by atoms with van der Waals surface area (Å²) in [6, 6.07) is 8.18. The fraction of sp³-hybridized carbons (Fsp3) is 0.474. The average molecular weight is 358 g/mol. The highest BCUT2D eigenvalue weighted by Gasteiger charge is 2.17. The third-order valence-corrected chi connectivity index (χ3v) is 4.74. The molecule has 1 heterocycles. The number of nitrogen functional groups attached to an aromatic ring is 1. The third kappa shape index (κ3) is 4.42. The van der Waals surface area contributed by atoms with Gasteiger partial charge in [0.1, 0.15) is 17.1 Å². The van der Waals surface area contributed by atoms with Gasteiger partial charge >= 0.3 is 0 Å². The van der Waals surface area contributed by atoms with E-state index in [1.807, 2.05) is 12.1 Å². The Balaban J connectivity index is 1.40. The number of benzene rings is 1. The number of rotatable bonds is 8. The molecule has 1 aliphatic heterocycles. The van der Waals surface area contributed by atoms with Crippen molar-refractivity contribution >= 4 is 11.4 Å². The molecule has 0 amide bonds. The first-order valence-electron chi connectivity index (χ1n) is 9.00. The van der Waals surface area contributed by atoms with Crippen molar-refractivity contribution in [2.75, 3.05) is 57.4 Å². The zero-order chi connectivity index (χ0) is 18.5. The van der Waals surface area contributed by atoms with E-state index in [0.717, 1.165) is 38.5 Å². The van der Waals surface area contributed by atoms with Gasteiger partial charge in [-0.3, -0.25) is 14.5 Å². The van der Waals surface area contributed by atoms with Gasteiger partial charge < -0.3 is 20.7 Å². The van der Waals surface area contributed by atoms with Crippen LogP contribution in [-0.4, -0.2) is 56.2 Å². The Kier molecular flexibility index (Phi) is 5.90. The van der Waals surface area contributed by atoms with Crippen molar-refractivity contribution in [1.29, 1.82) is 0 Å². The first-order chi connectivity index (χ1) is 12.5. The summed E-state index contributed by atoms with van der Waals surface area (Å²) >= 11 is 0. The van der Waals surface area contributed by atoms with Crippen LogP contribution in [0.15, 0.2) is 33.9 Å². The number of likely N-dealkylation sites (N-methyl/N-ethyl adjacent to an activating group) is 1. The summed E-state index contributed by atoms with van der Waals surface area (Å²) in [6.07, 6.45) is 0.709. The maximum Gasteiger partial charge on any atom is 0.253 e. The van der Waals surface area contributed by atoms with Gasteiger partial charge in [0, 0.05) is 39.3 Å². The van der Waals surface area contributed by atoms with Crippen molar-refractivity contribution < 1.29 is 4.74 Å². The molecule has 7 heteroatoms. The highest BCUT2D eigenvalue weighted by Crippen LogP contribution is 2.16. The molecule has 3 rings (SSSR count). The first-order valence-corrected chi connectivity index (χ1v) is 9.00. The first kappa shape index (κ1) is 18.4. The van der Waals surface area contributed by atoms with Gasteiger partial charge in [0.2, 0.25) is 0 Å². The molecule has 0 aromatic heterocycles. The molecular weight excluding hydrogens is 332 g/mol. The maximum atomic E-state index is 11.3. The molecule has 2 aromatic rings. The van der Waals surface area contributed by atoms with Crippen LogP contribution in [-0.2, 0) is 6.54 Å². The minimum atomic E-state index is -0.596. The Labute approximate surface area is 153 Å². The number of nitrogens with one attached hydrogen (secondary N) is 1. The number of anilines is 2. The molecule has 26 heavy (non-hydrogen) atoms. The standard InChI is InChI=1S/C19H26N4O3/c1-22-7-9-23(10-8-22)13-14-4-2-5-15(12-14)26-11-3-6-21-17-16(20)18(24)19(17)25/h2,4-5,12,21H,3,6-11,13,20H2,1H3. The van der Waals surface area contributed by atoms with E-state index in [9.17, 15) is 9.59 Å². The van der Waals surface area contributed by atoms with E-state index in [2.05, 4.69) is 34.3 Å². The van der Waals surface area contributed by atoms with Crippen LogP contribution in [0.25, 0.3) is 0 Å². The Morgan fingerprint density at radius 3 is 2.65 bits per heavy atom. The van der Waals surface area contributed by atoms with Gasteiger partial charge in [0.05, 0.1) is 6.61 Å². The summed E-state index contributed by atoms with van der Waals surface area (Å²) in [4.78, 5) is 27.1. The predicted molar refractivity (Wildman–Crippen MR) is 104 cm³/mol. The van der Waals surface area contributed by atoms with E-state index in [-0.39, 0.29) is 11.4 Å². The van der Waals surface area contributed by atoms with E-state index in [4.69, 9.17) is 10.5 Å². The Morgan fingerprint density at radius 1 is 1.15 bits per heavy atom. The van der Waals surface area contributed by atoms with Gasteiger partial charge in [-0.15, -0.1) is 0 Å². The van der Waals surface area contributed by atoms with Gasteiger partial charge in [-0.1, -0.05) is 12.1 Å². The Hall–Kier alpha value is -2.38. The predicted octanol–water partition coefficient (Wildman–Crippen LogP) is 0.493. The second-order valence-corrected chi connectivity index (χ2v) is 6.80. The summed E-state index contributed by atoms with van der Waals surface area (Å²) in [5, 5.41) is 2.90. The number of piperazine rings is 1. The molecule has 1 aliphatic rings. The molecule has 0 atom stereocenters. The molecule has 140 valence electrons. The summed E-state index contributed by atoms with van der Waals surface area (Å²) < 4.78 is 5.80. The van der Waals surface area contributed by atoms with Crippen LogP contribution >= 0.6 is 0 Å². The van der Waals surface area contributed by atoms with Gasteiger partial charge in [-0.2, -0.15) is 0 Å². The molecule has 0 aliphatic carbocycles. The molecule has 0 bridgehead atoms. The topological polar surface area (TPSA) is 87.9 Å². The van der Waals surface area contributed by atoms with Crippen molar-refractivity contribution in [3.05, 3.63) is 50.3 Å². The molecular formula is C19H26N4O3. The van der Waals surface area contributed by atoms with Gasteiger partial charge in [0.15, 0.2) is 0 Å². The molecule has 0 saturated carbocycles. The lowest BCUT2D eigenvalue weighted by Crippen LogP contribution is -2.43. The molecule has 2 aromatic carbocycles. The largest absolute Gasteiger partial charge is 0.494 e. The van der Waals surface area contributed by atoms with Crippen molar-refractivity contribution in [3.8, 4) is 5.75 Å². The van der Waals surface area contributed by atoms with Crippen LogP contribution < -0.4 is 26.6 Å². The van der Waals surface area contributed by atoms with Crippen molar-refractivity contribution in [1.82, 2.24) is 9.80 Å². The zero-order valence-electron chi connectivity index (χ0n) is 15.2. The zero-order valence-corrected chi connectivity index (χ0v) is 15.2. The lowest BCUT2D eigenvalue weighted by atomic mass is 10.2. The minimum absolute atomic E-state index is 0.0347. The van der Waals surface area contributed by atoms with Crippen molar-refractivity contribution in [2.24, 2.45) is 0 Å². The summed E-state index contributed by atoms with van der Waals surface area (Å²) in [5.41, 5.74) is 5.87. The van der Waals surface area contributed by atoms with Crippen LogP contribution in [0.5, 0.6) is 5.75 Å². The fourth-order valence-corrected chi connectivity index (χ4v) is 3.06. The normalized spacial score (nSPS) is 16.0. The van der Waals surface area contributed by atoms with E-state index in [1.54, 1.807) is 0 Å². The molecule has 1 fully saturated rings. The Bertz CT molecular complexity index is 805. The lowest BCUT2D eigenvalue weighted by molar-refractivity contribution is 0.148. The van der Waals surface area contributed by atoms with Gasteiger partial charge in [-0.05, 0) is 31.2 Å². The van der Waals surface area contributed by atoms with Crippen molar-refractivity contribution in [2.45, 2.75) is 13.0 Å². The quantitative estimate of drug-likeness (QED) is 0.525. The maximum absolute atomic E-state index is 11.3. The van der Waals surface area contributed by atoms with E-state index in [1.165, 1.54) is 5.56 Å². The number of hydrogen-bond donors (Lipinski definition) is 2. The minimum Gasteiger partial charge on any atom is -0.494 e. The second kappa shape index (κ2) is 8.33. The molecule has 1 saturated heterocycles. The SMILES string of the molecule is CN1CCN(Cc2cccc(OCCCNc3c(N)c(=O)c3=O)c2)CC1. The third-order valence-electron chi connectivity index (χ3n) is 4.74. The van der Waals surface area contributed by atoms with Crippen molar-refractivity contribution in [3.63, 3.8) is 0 Å². The van der Waals surface area contributed by atoms with E-state index in [0.29, 0.717) is 19.6 Å². The molecule has 7 nitrogen and oxygen atoms in total. The fourth-order valence-electron chi connectivity index (χ4n) is 3.06. The summed E-state index contributed by atoms with van der Waals surface area (Å²) in [6.45, 7) is 6.41. The highest BCUT2D eigenvalue weighted by atomic mass is 16.5. The Morgan fingerprint density at radius 2 is 1.92 bits per heavy atom. The van der Waals surface area contributed by atoms with Gasteiger partial charge in [0.25, 0.3) is 10.9 Å². The van der Waals surface area contributed by atoms with Gasteiger partial charge in [-0.25, -0.2) is 0 Å². The summed E-state index contributed by atoms with van der Waals surface area (Å²) in [7, 11) is 2.16. The highest BCUT2D eigenvalue weighted by molar-refractivity contribution is 5.71. The number of nitrogens with zero attached hydrogens (tertiary/aromatic N) is 2. The molecule has 0 radical (unpaired) electrons. The van der Waals surface area contributed by atoms with Crippen LogP contribution in [0.4, 0.5) is 11.4 Å². The molecule has 0 unspecified atom stereocenters. The van der Waals surface area contributed by atoms with Crippen LogP contribution in [0.3, 0.4) is 0 Å². The molecule has 0 spiro atoms. The van der Waals surface area contributed by atoms with E-state index < -0.39 is 10.9 Å². The smallest absolute Gasteiger partial charge is 0.253 e. The summed E-state index contributed by atoms with van der Waals surface area (Å²) in [5.74, 6) is 0.852. The average Bonchev–Trinajstić information content (AvgIpc) is 2.66. The van der Waals surface area contributed by atoms with Crippen LogP contribution in [0, 0.1) is 0 Å².